The lowest BCUT2D eigenvalue weighted by molar-refractivity contribution is 0.0954. The monoisotopic (exact) mass is 294 g/mol. The SMILES string of the molecule is Cc1cc(N)nc(CCNC(=O)c2ccc(CC#N)cc2)c1. The summed E-state index contributed by atoms with van der Waals surface area (Å²) < 4.78 is 0. The third kappa shape index (κ3) is 4.32. The molecule has 0 fully saturated rings. The van der Waals surface area contributed by atoms with Gasteiger partial charge in [0.15, 0.2) is 0 Å². The van der Waals surface area contributed by atoms with Gasteiger partial charge < -0.3 is 11.1 Å². The van der Waals surface area contributed by atoms with E-state index in [-0.39, 0.29) is 5.91 Å². The van der Waals surface area contributed by atoms with Crippen LogP contribution in [0.4, 0.5) is 5.82 Å². The van der Waals surface area contributed by atoms with Crippen molar-refractivity contribution in [2.75, 3.05) is 12.3 Å². The molecule has 0 saturated heterocycles. The number of anilines is 1. The summed E-state index contributed by atoms with van der Waals surface area (Å²) in [5, 5.41) is 11.5. The zero-order chi connectivity index (χ0) is 15.9. The number of nitriles is 1. The number of carbonyl (C=O) groups is 1. The summed E-state index contributed by atoms with van der Waals surface area (Å²) in [7, 11) is 0. The first kappa shape index (κ1) is 15.5. The van der Waals surface area contributed by atoms with Crippen LogP contribution in [0.1, 0.15) is 27.2 Å². The Balaban J connectivity index is 1.88. The molecule has 0 radical (unpaired) electrons. The summed E-state index contributed by atoms with van der Waals surface area (Å²) in [6.07, 6.45) is 0.979. The third-order valence-corrected chi connectivity index (χ3v) is 3.21. The standard InChI is InChI=1S/C17H18N4O/c1-12-10-15(21-16(19)11-12)7-9-20-17(22)14-4-2-13(3-5-14)6-8-18/h2-5,10-11H,6-7,9H2,1H3,(H2,19,21)(H,20,22). The maximum atomic E-state index is 12.0. The highest BCUT2D eigenvalue weighted by Crippen LogP contribution is 2.07. The van der Waals surface area contributed by atoms with E-state index in [1.54, 1.807) is 24.3 Å². The van der Waals surface area contributed by atoms with Crippen LogP contribution in [-0.4, -0.2) is 17.4 Å². The summed E-state index contributed by atoms with van der Waals surface area (Å²) in [6.45, 7) is 2.46. The Hall–Kier alpha value is -2.87. The van der Waals surface area contributed by atoms with Crippen LogP contribution in [0.5, 0.6) is 0 Å². The minimum atomic E-state index is -0.135. The number of benzene rings is 1. The van der Waals surface area contributed by atoms with Crippen LogP contribution in [0.25, 0.3) is 0 Å². The van der Waals surface area contributed by atoms with Crippen molar-refractivity contribution in [3.05, 3.63) is 58.8 Å². The predicted molar refractivity (Wildman–Crippen MR) is 85.2 cm³/mol. The molecular formula is C17H18N4O. The number of hydrogen-bond donors (Lipinski definition) is 2. The molecular weight excluding hydrogens is 276 g/mol. The fourth-order valence-corrected chi connectivity index (χ4v) is 2.17. The van der Waals surface area contributed by atoms with Crippen molar-refractivity contribution in [3.8, 4) is 6.07 Å². The van der Waals surface area contributed by atoms with E-state index < -0.39 is 0 Å². The average Bonchev–Trinajstić information content (AvgIpc) is 2.47. The molecule has 0 spiro atoms. The number of aromatic nitrogens is 1. The minimum Gasteiger partial charge on any atom is -0.384 e. The average molecular weight is 294 g/mol. The molecule has 0 aliphatic heterocycles. The second-order valence-electron chi connectivity index (χ2n) is 5.10. The molecule has 3 N–H and O–H groups in total. The van der Waals surface area contributed by atoms with Crippen LogP contribution in [0.2, 0.25) is 0 Å². The summed E-state index contributed by atoms with van der Waals surface area (Å²) >= 11 is 0. The Morgan fingerprint density at radius 3 is 2.68 bits per heavy atom. The summed E-state index contributed by atoms with van der Waals surface area (Å²) in [5.74, 6) is 0.360. The molecule has 0 saturated carbocycles. The highest BCUT2D eigenvalue weighted by atomic mass is 16.1. The Morgan fingerprint density at radius 1 is 1.32 bits per heavy atom. The molecule has 2 aromatic rings. The van der Waals surface area contributed by atoms with Crippen LogP contribution in [0.3, 0.4) is 0 Å². The summed E-state index contributed by atoms with van der Waals surface area (Å²) in [6, 6.07) is 12.9. The highest BCUT2D eigenvalue weighted by Gasteiger charge is 2.05. The van der Waals surface area contributed by atoms with Crippen LogP contribution < -0.4 is 11.1 Å². The first-order valence-corrected chi connectivity index (χ1v) is 7.05. The predicted octanol–water partition coefficient (Wildman–Crippen LogP) is 2.01. The van der Waals surface area contributed by atoms with Crippen LogP contribution >= 0.6 is 0 Å². The first-order valence-electron chi connectivity index (χ1n) is 7.05. The minimum absolute atomic E-state index is 0.135. The van der Waals surface area contributed by atoms with Crippen molar-refractivity contribution in [1.82, 2.24) is 10.3 Å². The van der Waals surface area contributed by atoms with Crippen LogP contribution in [0, 0.1) is 18.3 Å². The van der Waals surface area contributed by atoms with Gasteiger partial charge in [-0.2, -0.15) is 5.26 Å². The molecule has 0 aliphatic rings. The molecule has 112 valence electrons. The van der Waals surface area contributed by atoms with Gasteiger partial charge in [0, 0.05) is 24.2 Å². The lowest BCUT2D eigenvalue weighted by Crippen LogP contribution is -2.26. The number of carbonyl (C=O) groups excluding carboxylic acids is 1. The van der Waals surface area contributed by atoms with E-state index in [0.29, 0.717) is 30.8 Å². The molecule has 5 nitrogen and oxygen atoms in total. The molecule has 1 amide bonds. The molecule has 0 bridgehead atoms. The van der Waals surface area contributed by atoms with Gasteiger partial charge in [0.25, 0.3) is 5.91 Å². The van der Waals surface area contributed by atoms with E-state index in [1.807, 2.05) is 19.1 Å². The van der Waals surface area contributed by atoms with Crippen LogP contribution in [0.15, 0.2) is 36.4 Å². The Morgan fingerprint density at radius 2 is 2.05 bits per heavy atom. The number of hydrogen-bond acceptors (Lipinski definition) is 4. The largest absolute Gasteiger partial charge is 0.384 e. The first-order chi connectivity index (χ1) is 10.6. The van der Waals surface area contributed by atoms with E-state index >= 15 is 0 Å². The van der Waals surface area contributed by atoms with Gasteiger partial charge in [0.1, 0.15) is 5.82 Å². The van der Waals surface area contributed by atoms with Crippen molar-refractivity contribution >= 4 is 11.7 Å². The van der Waals surface area contributed by atoms with Gasteiger partial charge in [-0.05, 0) is 42.3 Å². The highest BCUT2D eigenvalue weighted by molar-refractivity contribution is 5.94. The van der Waals surface area contributed by atoms with Crippen molar-refractivity contribution in [3.63, 3.8) is 0 Å². The normalized spacial score (nSPS) is 10.0. The number of nitrogens with zero attached hydrogens (tertiary/aromatic N) is 2. The van der Waals surface area contributed by atoms with Gasteiger partial charge >= 0.3 is 0 Å². The van der Waals surface area contributed by atoms with Gasteiger partial charge in [-0.1, -0.05) is 12.1 Å². The Labute approximate surface area is 129 Å². The lowest BCUT2D eigenvalue weighted by Gasteiger charge is -2.07. The fourth-order valence-electron chi connectivity index (χ4n) is 2.17. The summed E-state index contributed by atoms with van der Waals surface area (Å²) in [5.41, 5.74) is 9.10. The van der Waals surface area contributed by atoms with Crippen molar-refractivity contribution in [2.24, 2.45) is 0 Å². The van der Waals surface area contributed by atoms with Crippen LogP contribution in [-0.2, 0) is 12.8 Å². The smallest absolute Gasteiger partial charge is 0.251 e. The molecule has 2 rings (SSSR count). The molecule has 0 aliphatic carbocycles. The lowest BCUT2D eigenvalue weighted by atomic mass is 10.1. The number of pyridine rings is 1. The maximum Gasteiger partial charge on any atom is 0.251 e. The van der Waals surface area contributed by atoms with Gasteiger partial charge in [-0.15, -0.1) is 0 Å². The van der Waals surface area contributed by atoms with E-state index in [9.17, 15) is 4.79 Å². The molecule has 22 heavy (non-hydrogen) atoms. The second kappa shape index (κ2) is 7.23. The molecule has 1 aromatic heterocycles. The molecule has 0 unspecified atom stereocenters. The molecule has 0 atom stereocenters. The summed E-state index contributed by atoms with van der Waals surface area (Å²) in [4.78, 5) is 16.2. The number of rotatable bonds is 5. The van der Waals surface area contributed by atoms with Gasteiger partial charge in [-0.3, -0.25) is 4.79 Å². The zero-order valence-electron chi connectivity index (χ0n) is 12.5. The van der Waals surface area contributed by atoms with E-state index in [2.05, 4.69) is 16.4 Å². The van der Waals surface area contributed by atoms with Gasteiger partial charge in [-0.25, -0.2) is 4.98 Å². The Bertz CT molecular complexity index is 681. The molecule has 5 heteroatoms. The van der Waals surface area contributed by atoms with Crippen molar-refractivity contribution in [1.29, 1.82) is 5.26 Å². The number of nitrogens with one attached hydrogen (secondary N) is 1. The number of amides is 1. The van der Waals surface area contributed by atoms with Gasteiger partial charge in [0.2, 0.25) is 0 Å². The van der Waals surface area contributed by atoms with E-state index in [0.717, 1.165) is 16.8 Å². The second-order valence-corrected chi connectivity index (χ2v) is 5.10. The Kier molecular flexibility index (Phi) is 5.10. The number of nitrogen functional groups attached to an aromatic ring is 1. The third-order valence-electron chi connectivity index (χ3n) is 3.21. The van der Waals surface area contributed by atoms with E-state index in [1.165, 1.54) is 0 Å². The van der Waals surface area contributed by atoms with Crippen molar-refractivity contribution < 1.29 is 4.79 Å². The number of nitrogens with two attached hydrogens (primary N) is 1. The van der Waals surface area contributed by atoms with Crippen molar-refractivity contribution in [2.45, 2.75) is 19.8 Å². The number of aryl methyl sites for hydroxylation is 1. The zero-order valence-corrected chi connectivity index (χ0v) is 12.5. The quantitative estimate of drug-likeness (QED) is 0.882. The van der Waals surface area contributed by atoms with E-state index in [4.69, 9.17) is 11.0 Å². The molecule has 1 aromatic carbocycles. The topological polar surface area (TPSA) is 91.8 Å². The van der Waals surface area contributed by atoms with Gasteiger partial charge in [0.05, 0.1) is 12.5 Å². The fraction of sp³-hybridized carbons (Fsp3) is 0.235. The maximum absolute atomic E-state index is 12.0. The molecule has 1 heterocycles.